The maximum Gasteiger partial charge on any atom is 0.498 e. The third kappa shape index (κ3) is 4.08. The Hall–Kier alpha value is -1.55. The van der Waals surface area contributed by atoms with Gasteiger partial charge in [0, 0.05) is 23.4 Å². The van der Waals surface area contributed by atoms with Crippen LogP contribution in [0.2, 0.25) is 5.02 Å². The van der Waals surface area contributed by atoms with Crippen LogP contribution in [0.4, 0.5) is 14.5 Å². The molecular weight excluding hydrogens is 409 g/mol. The van der Waals surface area contributed by atoms with Crippen molar-refractivity contribution in [3.05, 3.63) is 41.1 Å². The number of aromatic nitrogens is 1. The third-order valence-electron chi connectivity index (χ3n) is 4.82. The van der Waals surface area contributed by atoms with Crippen molar-refractivity contribution in [1.29, 1.82) is 0 Å². The lowest BCUT2D eigenvalue weighted by atomic mass is 9.78. The number of pyridine rings is 1. The summed E-state index contributed by atoms with van der Waals surface area (Å²) in [5.41, 5.74) is -1.02. The Morgan fingerprint density at radius 1 is 1.14 bits per heavy atom. The first-order valence-electron chi connectivity index (χ1n) is 8.51. The molecule has 5 nitrogen and oxygen atoms in total. The van der Waals surface area contributed by atoms with Crippen LogP contribution in [0.1, 0.15) is 27.7 Å². The molecule has 150 valence electrons. The molecule has 0 amide bonds. The fourth-order valence-electron chi connectivity index (χ4n) is 2.56. The largest absolute Gasteiger partial charge is 0.498 e. The van der Waals surface area contributed by atoms with Crippen molar-refractivity contribution in [2.24, 2.45) is 0 Å². The number of nitrogens with zero attached hydrogens (tertiary/aromatic N) is 1. The van der Waals surface area contributed by atoms with Crippen molar-refractivity contribution in [2.75, 3.05) is 11.8 Å². The molecule has 0 saturated carbocycles. The molecule has 1 aliphatic heterocycles. The molecule has 1 aromatic heterocycles. The highest BCUT2D eigenvalue weighted by Crippen LogP contribution is 2.37. The van der Waals surface area contributed by atoms with Crippen molar-refractivity contribution < 1.29 is 22.8 Å². The topological polar surface area (TPSA) is 52.6 Å². The van der Waals surface area contributed by atoms with E-state index in [1.165, 1.54) is 19.4 Å². The van der Waals surface area contributed by atoms with Crippen molar-refractivity contribution in [3.8, 4) is 5.88 Å². The summed E-state index contributed by atoms with van der Waals surface area (Å²) >= 11 is 7.08. The quantitative estimate of drug-likeness (QED) is 0.561. The van der Waals surface area contributed by atoms with Crippen LogP contribution in [0.25, 0.3) is 0 Å². The van der Waals surface area contributed by atoms with Gasteiger partial charge >= 0.3 is 7.12 Å². The second-order valence-electron chi connectivity index (χ2n) is 7.31. The number of benzene rings is 1. The number of hydrogen-bond donors (Lipinski definition) is 1. The van der Waals surface area contributed by atoms with E-state index in [1.807, 2.05) is 27.7 Å². The average Bonchev–Trinajstić information content (AvgIpc) is 2.83. The van der Waals surface area contributed by atoms with Gasteiger partial charge in [-0.15, -0.1) is 0 Å². The summed E-state index contributed by atoms with van der Waals surface area (Å²) in [5.74, 6) is -1.65. The van der Waals surface area contributed by atoms with Gasteiger partial charge in [-0.05, 0) is 51.8 Å². The van der Waals surface area contributed by atoms with Crippen molar-refractivity contribution in [2.45, 2.75) is 43.8 Å². The zero-order chi connectivity index (χ0) is 20.7. The van der Waals surface area contributed by atoms with E-state index in [4.69, 9.17) is 25.6 Å². The van der Waals surface area contributed by atoms with Crippen LogP contribution >= 0.6 is 23.5 Å². The van der Waals surface area contributed by atoms with Gasteiger partial charge in [-0.1, -0.05) is 11.6 Å². The third-order valence-corrected chi connectivity index (χ3v) is 5.88. The number of nitrogens with one attached hydrogen (secondary N) is 1. The summed E-state index contributed by atoms with van der Waals surface area (Å²) in [6.45, 7) is 7.38. The van der Waals surface area contributed by atoms with E-state index >= 15 is 0 Å². The van der Waals surface area contributed by atoms with Crippen LogP contribution in [0.5, 0.6) is 5.88 Å². The predicted octanol–water partition coefficient (Wildman–Crippen LogP) is 4.44. The summed E-state index contributed by atoms with van der Waals surface area (Å²) in [7, 11) is 0.461. The fourth-order valence-corrected chi connectivity index (χ4v) is 3.54. The van der Waals surface area contributed by atoms with Crippen molar-refractivity contribution in [3.63, 3.8) is 0 Å². The molecule has 0 aliphatic carbocycles. The van der Waals surface area contributed by atoms with E-state index in [-0.39, 0.29) is 5.46 Å². The summed E-state index contributed by atoms with van der Waals surface area (Å²) in [5, 5.41) is 0.424. The van der Waals surface area contributed by atoms with Crippen molar-refractivity contribution in [1.82, 2.24) is 4.98 Å². The molecule has 10 heteroatoms. The molecule has 0 bridgehead atoms. The number of anilines is 1. The first-order chi connectivity index (χ1) is 13.0. The molecule has 0 radical (unpaired) electrons. The monoisotopic (exact) mass is 428 g/mol. The van der Waals surface area contributed by atoms with Crippen LogP contribution in [-0.4, -0.2) is 30.4 Å². The number of rotatable bonds is 5. The van der Waals surface area contributed by atoms with E-state index in [0.717, 1.165) is 18.0 Å². The molecule has 0 spiro atoms. The molecule has 1 aliphatic rings. The summed E-state index contributed by atoms with van der Waals surface area (Å²) in [6.07, 6.45) is 1.46. The molecule has 0 unspecified atom stereocenters. The van der Waals surface area contributed by atoms with Crippen LogP contribution in [0.15, 0.2) is 29.3 Å². The van der Waals surface area contributed by atoms with Gasteiger partial charge < -0.3 is 18.8 Å². The van der Waals surface area contributed by atoms with Crippen LogP contribution < -0.4 is 14.9 Å². The predicted molar refractivity (Wildman–Crippen MR) is 107 cm³/mol. The molecule has 1 N–H and O–H groups in total. The first-order valence-corrected chi connectivity index (χ1v) is 9.70. The molecule has 1 aromatic carbocycles. The SMILES string of the molecule is COc1ncc(Cl)cc1SNc1cc(F)c(F)c(B2OC(C)(C)C(C)(C)O2)c1. The van der Waals surface area contributed by atoms with E-state index in [2.05, 4.69) is 9.71 Å². The smallest absolute Gasteiger partial charge is 0.480 e. The van der Waals surface area contributed by atoms with Gasteiger partial charge in [0.25, 0.3) is 0 Å². The lowest BCUT2D eigenvalue weighted by Gasteiger charge is -2.32. The van der Waals surface area contributed by atoms with Crippen LogP contribution in [0, 0.1) is 11.6 Å². The summed E-state index contributed by atoms with van der Waals surface area (Å²) in [6, 6.07) is 4.17. The number of hydrogen-bond acceptors (Lipinski definition) is 6. The Morgan fingerprint density at radius 2 is 1.79 bits per heavy atom. The standard InChI is InChI=1S/C18H20BClF2N2O3S/c1-17(2)18(3,4)27-19(26-17)12-7-11(8-13(21)15(12)22)24-28-14-6-10(20)9-23-16(14)25-5/h6-9,24H,1-5H3. The van der Waals surface area contributed by atoms with E-state index in [0.29, 0.717) is 21.5 Å². The summed E-state index contributed by atoms with van der Waals surface area (Å²) < 4.78 is 48.5. The van der Waals surface area contributed by atoms with Crippen LogP contribution in [-0.2, 0) is 9.31 Å². The fraction of sp³-hybridized carbons (Fsp3) is 0.389. The van der Waals surface area contributed by atoms with Crippen molar-refractivity contribution >= 4 is 41.8 Å². The molecule has 1 fully saturated rings. The van der Waals surface area contributed by atoms with Gasteiger partial charge in [-0.3, -0.25) is 0 Å². The Bertz CT molecular complexity index is 885. The molecule has 1 saturated heterocycles. The number of ether oxygens (including phenoxy) is 1. The summed E-state index contributed by atoms with van der Waals surface area (Å²) in [4.78, 5) is 4.66. The Balaban J connectivity index is 1.86. The molecule has 3 rings (SSSR count). The van der Waals surface area contributed by atoms with Gasteiger partial charge in [0.15, 0.2) is 11.6 Å². The minimum atomic E-state index is -1.02. The maximum atomic E-state index is 14.5. The molecule has 2 aromatic rings. The van der Waals surface area contributed by atoms with E-state index < -0.39 is 30.0 Å². The Kier molecular flexibility index (Phi) is 5.82. The van der Waals surface area contributed by atoms with Gasteiger partial charge in [0.05, 0.1) is 28.2 Å². The van der Waals surface area contributed by atoms with E-state index in [9.17, 15) is 8.78 Å². The average molecular weight is 429 g/mol. The van der Waals surface area contributed by atoms with Gasteiger partial charge in [0.2, 0.25) is 5.88 Å². The molecule has 2 heterocycles. The molecular formula is C18H20BClF2N2O3S. The Morgan fingerprint density at radius 3 is 2.39 bits per heavy atom. The van der Waals surface area contributed by atoms with E-state index in [1.54, 1.807) is 6.07 Å². The number of halogens is 3. The van der Waals surface area contributed by atoms with Gasteiger partial charge in [-0.25, -0.2) is 13.8 Å². The highest BCUT2D eigenvalue weighted by atomic mass is 35.5. The highest BCUT2D eigenvalue weighted by Gasteiger charge is 2.52. The minimum Gasteiger partial charge on any atom is -0.480 e. The van der Waals surface area contributed by atoms with Gasteiger partial charge in [-0.2, -0.15) is 0 Å². The normalized spacial score (nSPS) is 17.6. The highest BCUT2D eigenvalue weighted by molar-refractivity contribution is 8.00. The van der Waals surface area contributed by atoms with Crippen LogP contribution in [0.3, 0.4) is 0 Å². The second-order valence-corrected chi connectivity index (χ2v) is 8.60. The molecule has 28 heavy (non-hydrogen) atoms. The first kappa shape index (κ1) is 21.2. The lowest BCUT2D eigenvalue weighted by Crippen LogP contribution is -2.41. The maximum absolute atomic E-state index is 14.5. The van der Waals surface area contributed by atoms with Gasteiger partial charge in [0.1, 0.15) is 0 Å². The minimum absolute atomic E-state index is 0.0158. The molecule has 0 atom stereocenters. The zero-order valence-corrected chi connectivity index (χ0v) is 17.7. The number of methoxy groups -OCH3 is 1. The Labute approximate surface area is 172 Å². The zero-order valence-electron chi connectivity index (χ0n) is 16.1. The second kappa shape index (κ2) is 7.70. The lowest BCUT2D eigenvalue weighted by molar-refractivity contribution is 0.00578.